The molecule has 0 amide bonds. The fourth-order valence-electron chi connectivity index (χ4n) is 1.30. The molecule has 0 aliphatic rings. The zero-order valence-electron chi connectivity index (χ0n) is 7.74. The van der Waals surface area contributed by atoms with Crippen LogP contribution in [0.2, 0.25) is 5.02 Å². The Bertz CT molecular complexity index is 500. The molecule has 0 fully saturated rings. The smallest absolute Gasteiger partial charge is 0.132 e. The number of nitrogen functional groups attached to an aromatic ring is 1. The van der Waals surface area contributed by atoms with Crippen LogP contribution in [0.1, 0.15) is 0 Å². The SMILES string of the molecule is Nc1cccc(-c2cc(Cl)ccc2F)n1. The van der Waals surface area contributed by atoms with Gasteiger partial charge in [-0.25, -0.2) is 9.37 Å². The first-order chi connectivity index (χ1) is 7.16. The number of rotatable bonds is 1. The summed E-state index contributed by atoms with van der Waals surface area (Å²) in [6.07, 6.45) is 0. The molecule has 0 aliphatic carbocycles. The quantitative estimate of drug-likeness (QED) is 0.805. The lowest BCUT2D eigenvalue weighted by Gasteiger charge is -2.03. The lowest BCUT2D eigenvalue weighted by molar-refractivity contribution is 0.631. The largest absolute Gasteiger partial charge is 0.384 e. The highest BCUT2D eigenvalue weighted by Gasteiger charge is 2.06. The molecule has 0 saturated heterocycles. The average molecular weight is 223 g/mol. The number of benzene rings is 1. The molecule has 0 atom stereocenters. The molecular weight excluding hydrogens is 215 g/mol. The molecule has 0 radical (unpaired) electrons. The van der Waals surface area contributed by atoms with Gasteiger partial charge in [-0.2, -0.15) is 0 Å². The molecule has 1 aromatic heterocycles. The highest BCUT2D eigenvalue weighted by atomic mass is 35.5. The fourth-order valence-corrected chi connectivity index (χ4v) is 1.47. The lowest BCUT2D eigenvalue weighted by atomic mass is 10.1. The molecule has 0 saturated carbocycles. The number of halogens is 2. The number of hydrogen-bond donors (Lipinski definition) is 1. The van der Waals surface area contributed by atoms with Gasteiger partial charge in [0.2, 0.25) is 0 Å². The van der Waals surface area contributed by atoms with Crippen molar-refractivity contribution in [3.63, 3.8) is 0 Å². The van der Waals surface area contributed by atoms with E-state index >= 15 is 0 Å². The molecule has 1 aromatic carbocycles. The topological polar surface area (TPSA) is 38.9 Å². The van der Waals surface area contributed by atoms with E-state index in [-0.39, 0.29) is 5.82 Å². The van der Waals surface area contributed by atoms with Crippen LogP contribution in [-0.2, 0) is 0 Å². The normalized spacial score (nSPS) is 10.3. The van der Waals surface area contributed by atoms with E-state index in [2.05, 4.69) is 4.98 Å². The third-order valence-corrected chi connectivity index (χ3v) is 2.21. The Labute approximate surface area is 91.5 Å². The minimum absolute atomic E-state index is 0.354. The highest BCUT2D eigenvalue weighted by Crippen LogP contribution is 2.24. The first kappa shape index (κ1) is 9.93. The Morgan fingerprint density at radius 3 is 2.73 bits per heavy atom. The van der Waals surface area contributed by atoms with E-state index in [0.29, 0.717) is 22.1 Å². The standard InChI is InChI=1S/C11H8ClFN2/c12-7-4-5-9(13)8(6-7)10-2-1-3-11(14)15-10/h1-6H,(H2,14,15). The van der Waals surface area contributed by atoms with E-state index in [9.17, 15) is 4.39 Å². The van der Waals surface area contributed by atoms with Gasteiger partial charge in [0.1, 0.15) is 11.6 Å². The van der Waals surface area contributed by atoms with Gasteiger partial charge in [-0.05, 0) is 30.3 Å². The van der Waals surface area contributed by atoms with Gasteiger partial charge in [-0.1, -0.05) is 17.7 Å². The maximum absolute atomic E-state index is 13.4. The third kappa shape index (κ3) is 2.07. The summed E-state index contributed by atoms with van der Waals surface area (Å²) in [4.78, 5) is 4.02. The lowest BCUT2D eigenvalue weighted by Crippen LogP contribution is -1.93. The van der Waals surface area contributed by atoms with Gasteiger partial charge in [0.25, 0.3) is 0 Å². The van der Waals surface area contributed by atoms with Crippen LogP contribution in [0.5, 0.6) is 0 Å². The van der Waals surface area contributed by atoms with Crippen molar-refractivity contribution < 1.29 is 4.39 Å². The van der Waals surface area contributed by atoms with Crippen molar-refractivity contribution in [1.82, 2.24) is 4.98 Å². The maximum atomic E-state index is 13.4. The predicted octanol–water partition coefficient (Wildman–Crippen LogP) is 3.12. The second-order valence-corrected chi connectivity index (χ2v) is 3.51. The molecule has 76 valence electrons. The van der Waals surface area contributed by atoms with Gasteiger partial charge in [0.05, 0.1) is 5.69 Å². The van der Waals surface area contributed by atoms with Crippen molar-refractivity contribution in [3.05, 3.63) is 47.2 Å². The summed E-state index contributed by atoms with van der Waals surface area (Å²) < 4.78 is 13.4. The summed E-state index contributed by atoms with van der Waals surface area (Å²) in [5.74, 6) is -0.00984. The monoisotopic (exact) mass is 222 g/mol. The number of nitrogens with two attached hydrogens (primary N) is 1. The van der Waals surface area contributed by atoms with Crippen LogP contribution in [0.4, 0.5) is 10.2 Å². The van der Waals surface area contributed by atoms with Gasteiger partial charge in [-0.15, -0.1) is 0 Å². The van der Waals surface area contributed by atoms with Gasteiger partial charge >= 0.3 is 0 Å². The second-order valence-electron chi connectivity index (χ2n) is 3.07. The first-order valence-electron chi connectivity index (χ1n) is 4.35. The van der Waals surface area contributed by atoms with E-state index in [1.54, 1.807) is 18.2 Å². The van der Waals surface area contributed by atoms with Crippen LogP contribution in [0.3, 0.4) is 0 Å². The zero-order valence-corrected chi connectivity index (χ0v) is 8.50. The summed E-state index contributed by atoms with van der Waals surface area (Å²) >= 11 is 5.78. The molecule has 2 N–H and O–H groups in total. The van der Waals surface area contributed by atoms with Crippen LogP contribution in [0.15, 0.2) is 36.4 Å². The number of hydrogen-bond acceptors (Lipinski definition) is 2. The molecule has 1 heterocycles. The number of nitrogens with zero attached hydrogens (tertiary/aromatic N) is 1. The molecule has 0 spiro atoms. The van der Waals surface area contributed by atoms with E-state index in [4.69, 9.17) is 17.3 Å². The molecule has 2 rings (SSSR count). The van der Waals surface area contributed by atoms with Gasteiger partial charge < -0.3 is 5.73 Å². The molecule has 4 heteroatoms. The summed E-state index contributed by atoms with van der Waals surface area (Å²) in [5.41, 5.74) is 6.36. The van der Waals surface area contributed by atoms with E-state index < -0.39 is 0 Å². The Hall–Kier alpha value is -1.61. The summed E-state index contributed by atoms with van der Waals surface area (Å²) in [6.45, 7) is 0. The van der Waals surface area contributed by atoms with E-state index in [1.807, 2.05) is 0 Å². The van der Waals surface area contributed by atoms with Crippen molar-refractivity contribution in [2.75, 3.05) is 5.73 Å². The van der Waals surface area contributed by atoms with Crippen molar-refractivity contribution in [2.45, 2.75) is 0 Å². The van der Waals surface area contributed by atoms with Crippen molar-refractivity contribution in [2.24, 2.45) is 0 Å². The molecule has 2 aromatic rings. The van der Waals surface area contributed by atoms with Crippen molar-refractivity contribution in [1.29, 1.82) is 0 Å². The fraction of sp³-hybridized carbons (Fsp3) is 0. The second kappa shape index (κ2) is 3.87. The zero-order chi connectivity index (χ0) is 10.8. The molecule has 15 heavy (non-hydrogen) atoms. The Balaban J connectivity index is 2.58. The Morgan fingerprint density at radius 2 is 2.00 bits per heavy atom. The minimum Gasteiger partial charge on any atom is -0.384 e. The molecule has 0 bridgehead atoms. The molecule has 0 aliphatic heterocycles. The van der Waals surface area contributed by atoms with E-state index in [0.717, 1.165) is 0 Å². The van der Waals surface area contributed by atoms with Crippen LogP contribution in [0.25, 0.3) is 11.3 Å². The molecular formula is C11H8ClFN2. The van der Waals surface area contributed by atoms with Gasteiger partial charge in [0, 0.05) is 10.6 Å². The van der Waals surface area contributed by atoms with Crippen LogP contribution < -0.4 is 5.73 Å². The summed E-state index contributed by atoms with van der Waals surface area (Å²) in [6, 6.07) is 9.38. The van der Waals surface area contributed by atoms with Gasteiger partial charge in [-0.3, -0.25) is 0 Å². The van der Waals surface area contributed by atoms with Crippen LogP contribution in [0, 0.1) is 5.82 Å². The number of pyridine rings is 1. The van der Waals surface area contributed by atoms with Crippen molar-refractivity contribution in [3.8, 4) is 11.3 Å². The van der Waals surface area contributed by atoms with Crippen LogP contribution in [-0.4, -0.2) is 4.98 Å². The highest BCUT2D eigenvalue weighted by molar-refractivity contribution is 6.30. The average Bonchev–Trinajstić information content (AvgIpc) is 2.22. The van der Waals surface area contributed by atoms with Gasteiger partial charge in [0.15, 0.2) is 0 Å². The molecule has 2 nitrogen and oxygen atoms in total. The predicted molar refractivity (Wildman–Crippen MR) is 59.1 cm³/mol. The number of aromatic nitrogens is 1. The van der Waals surface area contributed by atoms with E-state index in [1.165, 1.54) is 18.2 Å². The minimum atomic E-state index is -0.363. The first-order valence-corrected chi connectivity index (χ1v) is 4.72. The van der Waals surface area contributed by atoms with Crippen molar-refractivity contribution >= 4 is 17.4 Å². The maximum Gasteiger partial charge on any atom is 0.132 e. The summed E-state index contributed by atoms with van der Waals surface area (Å²) in [7, 11) is 0. The van der Waals surface area contributed by atoms with Crippen LogP contribution >= 0.6 is 11.6 Å². The Kier molecular flexibility index (Phi) is 2.56. The third-order valence-electron chi connectivity index (χ3n) is 1.97. The summed E-state index contributed by atoms with van der Waals surface area (Å²) in [5, 5.41) is 0.468. The number of anilines is 1. The molecule has 0 unspecified atom stereocenters. The Morgan fingerprint density at radius 1 is 1.20 bits per heavy atom.